The molecular weight excluding hydrogens is 246 g/mol. The Bertz CT molecular complexity index is 466. The van der Waals surface area contributed by atoms with Crippen molar-refractivity contribution >= 4 is 5.91 Å². The average molecular weight is 265 g/mol. The molecule has 0 bridgehead atoms. The second kappa shape index (κ2) is 6.47. The van der Waals surface area contributed by atoms with E-state index in [4.69, 9.17) is 0 Å². The third-order valence-corrected chi connectivity index (χ3v) is 3.73. The lowest BCUT2D eigenvalue weighted by molar-refractivity contribution is 0.0904. The number of nitrogens with zero attached hydrogens (tertiary/aromatic N) is 1. The monoisotopic (exact) mass is 265 g/mol. The average Bonchev–Trinajstić information content (AvgIpc) is 2.45. The van der Waals surface area contributed by atoms with Crippen LogP contribution in [0, 0.1) is 11.8 Å². The lowest BCUT2D eigenvalue weighted by atomic mass is 9.79. The zero-order valence-electron chi connectivity index (χ0n) is 10.8. The first-order valence-corrected chi connectivity index (χ1v) is 6.64. The van der Waals surface area contributed by atoms with Crippen molar-refractivity contribution in [2.75, 3.05) is 13.2 Å². The summed E-state index contributed by atoms with van der Waals surface area (Å²) in [4.78, 5) is 28.9. The molecule has 1 aromatic heterocycles. The van der Waals surface area contributed by atoms with E-state index < -0.39 is 0 Å². The molecule has 104 valence electrons. The number of carbonyl (C=O) groups excluding carboxylic acids is 1. The molecule has 1 aliphatic rings. The molecule has 2 unspecified atom stereocenters. The van der Waals surface area contributed by atoms with E-state index in [1.165, 1.54) is 6.20 Å². The van der Waals surface area contributed by atoms with Gasteiger partial charge in [-0.25, -0.2) is 4.98 Å². The standard InChI is InChI=1S/C13H19N3O3/c17-8-10-4-2-1-3-9(10)5-16-13(19)11-6-15-12(18)7-14-11/h6-7,9-10,17H,1-5,8H2,(H,15,18)(H,16,19). The maximum absolute atomic E-state index is 11.8. The molecule has 1 aromatic rings. The van der Waals surface area contributed by atoms with Crippen LogP contribution in [0.4, 0.5) is 0 Å². The maximum Gasteiger partial charge on any atom is 0.271 e. The number of rotatable bonds is 4. The number of nitrogens with one attached hydrogen (secondary N) is 2. The highest BCUT2D eigenvalue weighted by Crippen LogP contribution is 2.29. The van der Waals surface area contributed by atoms with E-state index in [-0.39, 0.29) is 29.7 Å². The van der Waals surface area contributed by atoms with Gasteiger partial charge in [-0.3, -0.25) is 9.59 Å². The lowest BCUT2D eigenvalue weighted by Gasteiger charge is -2.30. The van der Waals surface area contributed by atoms with E-state index in [1.54, 1.807) is 0 Å². The SMILES string of the molecule is O=C(NCC1CCCCC1CO)c1c[nH]c(=O)cn1. The number of H-pyrrole nitrogens is 1. The number of aromatic amines is 1. The zero-order chi connectivity index (χ0) is 13.7. The summed E-state index contributed by atoms with van der Waals surface area (Å²) < 4.78 is 0. The molecular formula is C13H19N3O3. The van der Waals surface area contributed by atoms with Crippen molar-refractivity contribution in [3.05, 3.63) is 28.4 Å². The third kappa shape index (κ3) is 3.64. The van der Waals surface area contributed by atoms with Gasteiger partial charge in [-0.15, -0.1) is 0 Å². The molecule has 0 spiro atoms. The van der Waals surface area contributed by atoms with Crippen LogP contribution in [0.5, 0.6) is 0 Å². The smallest absolute Gasteiger partial charge is 0.271 e. The Morgan fingerprint density at radius 3 is 2.79 bits per heavy atom. The second-order valence-corrected chi connectivity index (χ2v) is 4.99. The third-order valence-electron chi connectivity index (χ3n) is 3.73. The molecule has 19 heavy (non-hydrogen) atoms. The van der Waals surface area contributed by atoms with Crippen LogP contribution < -0.4 is 10.9 Å². The number of aliphatic hydroxyl groups excluding tert-OH is 1. The molecule has 1 heterocycles. The van der Waals surface area contributed by atoms with Gasteiger partial charge < -0.3 is 15.4 Å². The van der Waals surface area contributed by atoms with Crippen LogP contribution in [0.3, 0.4) is 0 Å². The molecule has 6 heteroatoms. The van der Waals surface area contributed by atoms with Crippen LogP contribution in [-0.2, 0) is 0 Å². The van der Waals surface area contributed by atoms with Crippen LogP contribution in [0.25, 0.3) is 0 Å². The van der Waals surface area contributed by atoms with Crippen LogP contribution in [0.15, 0.2) is 17.2 Å². The van der Waals surface area contributed by atoms with E-state index in [0.717, 1.165) is 31.9 Å². The Morgan fingerprint density at radius 1 is 1.42 bits per heavy atom. The fraction of sp³-hybridized carbons (Fsp3) is 0.615. The van der Waals surface area contributed by atoms with Gasteiger partial charge in [-0.05, 0) is 24.7 Å². The van der Waals surface area contributed by atoms with E-state index in [9.17, 15) is 14.7 Å². The van der Waals surface area contributed by atoms with Crippen LogP contribution in [0.2, 0.25) is 0 Å². The van der Waals surface area contributed by atoms with Gasteiger partial charge in [0.05, 0.1) is 6.20 Å². The van der Waals surface area contributed by atoms with Crippen LogP contribution >= 0.6 is 0 Å². The van der Waals surface area contributed by atoms with Crippen molar-refractivity contribution < 1.29 is 9.90 Å². The minimum atomic E-state index is -0.329. The first kappa shape index (κ1) is 13.7. The Labute approximate surface area is 111 Å². The Kier molecular flexibility index (Phi) is 4.68. The topological polar surface area (TPSA) is 95.1 Å². The maximum atomic E-state index is 11.8. The highest BCUT2D eigenvalue weighted by Gasteiger charge is 2.24. The van der Waals surface area contributed by atoms with E-state index in [0.29, 0.717) is 12.5 Å². The van der Waals surface area contributed by atoms with Crippen molar-refractivity contribution in [1.82, 2.24) is 15.3 Å². The Balaban J connectivity index is 1.89. The summed E-state index contributed by atoms with van der Waals surface area (Å²) in [5.41, 5.74) is -0.125. The molecule has 0 aromatic carbocycles. The van der Waals surface area contributed by atoms with E-state index in [1.807, 2.05) is 0 Å². The molecule has 0 aliphatic heterocycles. The highest BCUT2D eigenvalue weighted by molar-refractivity contribution is 5.91. The van der Waals surface area contributed by atoms with Crippen molar-refractivity contribution in [2.24, 2.45) is 11.8 Å². The molecule has 6 nitrogen and oxygen atoms in total. The summed E-state index contributed by atoms with van der Waals surface area (Å²) in [5.74, 6) is 0.307. The normalized spacial score (nSPS) is 23.0. The van der Waals surface area contributed by atoms with E-state index in [2.05, 4.69) is 15.3 Å². The molecule has 3 N–H and O–H groups in total. The Morgan fingerprint density at radius 2 is 2.16 bits per heavy atom. The minimum Gasteiger partial charge on any atom is -0.396 e. The molecule has 1 fully saturated rings. The predicted octanol–water partition coefficient (Wildman–Crippen LogP) is 0.298. The van der Waals surface area contributed by atoms with Crippen molar-refractivity contribution in [3.63, 3.8) is 0 Å². The first-order valence-electron chi connectivity index (χ1n) is 6.64. The van der Waals surface area contributed by atoms with Gasteiger partial charge in [0.2, 0.25) is 0 Å². The number of hydrogen-bond acceptors (Lipinski definition) is 4. The summed E-state index contributed by atoms with van der Waals surface area (Å²) in [6.45, 7) is 0.725. The molecule has 0 radical (unpaired) electrons. The second-order valence-electron chi connectivity index (χ2n) is 4.99. The molecule has 0 saturated heterocycles. The summed E-state index contributed by atoms with van der Waals surface area (Å²) in [7, 11) is 0. The number of aromatic nitrogens is 2. The lowest BCUT2D eigenvalue weighted by Crippen LogP contribution is -2.36. The van der Waals surface area contributed by atoms with E-state index >= 15 is 0 Å². The largest absolute Gasteiger partial charge is 0.396 e. The van der Waals surface area contributed by atoms with Gasteiger partial charge in [0, 0.05) is 19.3 Å². The fourth-order valence-corrected chi connectivity index (χ4v) is 2.57. The number of amides is 1. The minimum absolute atomic E-state index is 0.178. The van der Waals surface area contributed by atoms with Gasteiger partial charge >= 0.3 is 0 Å². The van der Waals surface area contributed by atoms with Gasteiger partial charge in [0.1, 0.15) is 5.69 Å². The number of aliphatic hydroxyl groups is 1. The van der Waals surface area contributed by atoms with Crippen molar-refractivity contribution in [3.8, 4) is 0 Å². The number of hydrogen-bond donors (Lipinski definition) is 3. The molecule has 1 aliphatic carbocycles. The van der Waals surface area contributed by atoms with Gasteiger partial charge in [0.25, 0.3) is 11.5 Å². The molecule has 1 saturated carbocycles. The summed E-state index contributed by atoms with van der Waals surface area (Å²) in [6, 6.07) is 0. The predicted molar refractivity (Wildman–Crippen MR) is 69.7 cm³/mol. The quantitative estimate of drug-likeness (QED) is 0.729. The van der Waals surface area contributed by atoms with Gasteiger partial charge in [0.15, 0.2) is 0 Å². The molecule has 1 amide bonds. The van der Waals surface area contributed by atoms with Crippen molar-refractivity contribution in [1.29, 1.82) is 0 Å². The Hall–Kier alpha value is -1.69. The van der Waals surface area contributed by atoms with Crippen LogP contribution in [0.1, 0.15) is 36.2 Å². The summed E-state index contributed by atoms with van der Waals surface area (Å²) in [6.07, 6.45) is 6.75. The summed E-state index contributed by atoms with van der Waals surface area (Å²) >= 11 is 0. The van der Waals surface area contributed by atoms with Crippen LogP contribution in [-0.4, -0.2) is 34.1 Å². The highest BCUT2D eigenvalue weighted by atomic mass is 16.3. The number of carbonyl (C=O) groups is 1. The van der Waals surface area contributed by atoms with Crippen molar-refractivity contribution in [2.45, 2.75) is 25.7 Å². The van der Waals surface area contributed by atoms with Gasteiger partial charge in [-0.2, -0.15) is 0 Å². The molecule has 2 atom stereocenters. The van der Waals surface area contributed by atoms with Gasteiger partial charge in [-0.1, -0.05) is 12.8 Å². The first-order chi connectivity index (χ1) is 9.20. The zero-order valence-corrected chi connectivity index (χ0v) is 10.8. The summed E-state index contributed by atoms with van der Waals surface area (Å²) in [5, 5.41) is 12.1. The molecule has 2 rings (SSSR count). The fourth-order valence-electron chi connectivity index (χ4n) is 2.57.